The van der Waals surface area contributed by atoms with Crippen LogP contribution >= 0.6 is 7.60 Å². The summed E-state index contributed by atoms with van der Waals surface area (Å²) in [5, 5.41) is 0. The van der Waals surface area contributed by atoms with Gasteiger partial charge in [-0.1, -0.05) is 0 Å². The minimum Gasteiger partial charge on any atom is -0.353 e. The van der Waals surface area contributed by atoms with Crippen LogP contribution in [0.1, 0.15) is 34.1 Å². The van der Waals surface area contributed by atoms with Gasteiger partial charge in [-0.2, -0.15) is 0 Å². The normalized spacial score (nSPS) is 34.0. The van der Waals surface area contributed by atoms with Crippen molar-refractivity contribution in [3.63, 3.8) is 0 Å². The number of rotatable bonds is 8. The summed E-state index contributed by atoms with van der Waals surface area (Å²) >= 11 is 0. The lowest BCUT2D eigenvalue weighted by atomic mass is 10.1. The van der Waals surface area contributed by atoms with E-state index >= 15 is 0 Å². The van der Waals surface area contributed by atoms with Crippen molar-refractivity contribution in [3.8, 4) is 0 Å². The fourth-order valence-electron chi connectivity index (χ4n) is 2.91. The summed E-state index contributed by atoms with van der Waals surface area (Å²) in [4.78, 5) is 0. The second kappa shape index (κ2) is 7.26. The van der Waals surface area contributed by atoms with Crippen LogP contribution in [0.5, 0.6) is 0 Å². The fourth-order valence-corrected chi connectivity index (χ4v) is 4.60. The minimum atomic E-state index is -3.09. The molecular formula is C14H27O7P. The van der Waals surface area contributed by atoms with Crippen LogP contribution in [-0.2, 0) is 32.6 Å². The molecule has 0 bridgehead atoms. The predicted octanol–water partition coefficient (Wildman–Crippen LogP) is 2.53. The molecule has 0 aromatic rings. The quantitative estimate of drug-likeness (QED) is 0.630. The molecule has 8 heteroatoms. The molecule has 0 saturated carbocycles. The SMILES string of the molecule is CCOP(=O)(CC[C@H]1OC(OC)[C@@H]2OC(C)(C)O[C@H]12)OCC. The third-order valence-corrected chi connectivity index (χ3v) is 5.79. The molecule has 22 heavy (non-hydrogen) atoms. The monoisotopic (exact) mass is 338 g/mol. The first-order chi connectivity index (χ1) is 10.3. The van der Waals surface area contributed by atoms with Crippen LogP contribution in [0.25, 0.3) is 0 Å². The summed E-state index contributed by atoms with van der Waals surface area (Å²) in [5.41, 5.74) is 0. The van der Waals surface area contributed by atoms with Crippen molar-refractivity contribution in [3.05, 3.63) is 0 Å². The molecule has 0 amide bonds. The van der Waals surface area contributed by atoms with E-state index < -0.39 is 19.7 Å². The first-order valence-corrected chi connectivity index (χ1v) is 9.49. The number of methoxy groups -OCH3 is 1. The average molecular weight is 338 g/mol. The highest BCUT2D eigenvalue weighted by Crippen LogP contribution is 2.50. The topological polar surface area (TPSA) is 72.5 Å². The van der Waals surface area contributed by atoms with Gasteiger partial charge in [0.15, 0.2) is 12.1 Å². The molecule has 7 nitrogen and oxygen atoms in total. The van der Waals surface area contributed by atoms with Gasteiger partial charge in [-0.3, -0.25) is 4.57 Å². The minimum absolute atomic E-state index is 0.239. The van der Waals surface area contributed by atoms with Crippen LogP contribution in [0.15, 0.2) is 0 Å². The molecule has 1 unspecified atom stereocenters. The van der Waals surface area contributed by atoms with E-state index in [4.69, 9.17) is 28.0 Å². The molecular weight excluding hydrogens is 311 g/mol. The number of fused-ring (bicyclic) bond motifs is 1. The lowest BCUT2D eigenvalue weighted by molar-refractivity contribution is -0.227. The molecule has 2 fully saturated rings. The van der Waals surface area contributed by atoms with Crippen LogP contribution < -0.4 is 0 Å². The van der Waals surface area contributed by atoms with Gasteiger partial charge in [-0.15, -0.1) is 0 Å². The smallest absolute Gasteiger partial charge is 0.330 e. The van der Waals surface area contributed by atoms with Gasteiger partial charge in [0, 0.05) is 7.11 Å². The van der Waals surface area contributed by atoms with E-state index in [0.29, 0.717) is 19.6 Å². The Bertz CT molecular complexity index is 404. The van der Waals surface area contributed by atoms with E-state index in [1.54, 1.807) is 21.0 Å². The van der Waals surface area contributed by atoms with Crippen molar-refractivity contribution in [2.75, 3.05) is 26.5 Å². The predicted molar refractivity (Wildman–Crippen MR) is 79.8 cm³/mol. The van der Waals surface area contributed by atoms with Gasteiger partial charge < -0.3 is 28.0 Å². The van der Waals surface area contributed by atoms with Crippen molar-refractivity contribution in [1.29, 1.82) is 0 Å². The van der Waals surface area contributed by atoms with Crippen LogP contribution in [0, 0.1) is 0 Å². The summed E-state index contributed by atoms with van der Waals surface area (Å²) < 4.78 is 46.0. The summed E-state index contributed by atoms with van der Waals surface area (Å²) in [6.07, 6.45) is -0.470. The van der Waals surface area contributed by atoms with E-state index in [0.717, 1.165) is 0 Å². The molecule has 0 aliphatic carbocycles. The number of hydrogen-bond donors (Lipinski definition) is 0. The van der Waals surface area contributed by atoms with Crippen LogP contribution in [0.4, 0.5) is 0 Å². The van der Waals surface area contributed by atoms with Gasteiger partial charge in [-0.25, -0.2) is 0 Å². The van der Waals surface area contributed by atoms with Crippen molar-refractivity contribution in [2.24, 2.45) is 0 Å². The van der Waals surface area contributed by atoms with Crippen molar-refractivity contribution >= 4 is 7.60 Å². The van der Waals surface area contributed by atoms with Crippen molar-refractivity contribution < 1.29 is 32.6 Å². The summed E-state index contributed by atoms with van der Waals surface area (Å²) in [5.74, 6) is -0.669. The maximum Gasteiger partial charge on any atom is 0.330 e. The first-order valence-electron chi connectivity index (χ1n) is 7.76. The number of ether oxygens (including phenoxy) is 4. The highest BCUT2D eigenvalue weighted by atomic mass is 31.2. The maximum absolute atomic E-state index is 12.5. The molecule has 0 radical (unpaired) electrons. The van der Waals surface area contributed by atoms with Gasteiger partial charge in [0.2, 0.25) is 0 Å². The van der Waals surface area contributed by atoms with Crippen LogP contribution in [-0.4, -0.2) is 56.9 Å². The highest BCUT2D eigenvalue weighted by Gasteiger charge is 2.55. The van der Waals surface area contributed by atoms with Crippen molar-refractivity contribution in [2.45, 2.75) is 64.5 Å². The summed E-state index contributed by atoms with van der Waals surface area (Å²) in [6.45, 7) is 8.02. The molecule has 0 spiro atoms. The van der Waals surface area contributed by atoms with Crippen LogP contribution in [0.3, 0.4) is 0 Å². The van der Waals surface area contributed by atoms with Gasteiger partial charge in [-0.05, 0) is 34.1 Å². The fraction of sp³-hybridized carbons (Fsp3) is 1.00. The van der Waals surface area contributed by atoms with Crippen molar-refractivity contribution in [1.82, 2.24) is 0 Å². The third-order valence-electron chi connectivity index (χ3n) is 3.68. The Labute approximate surface area is 132 Å². The molecule has 2 saturated heterocycles. The summed E-state index contributed by atoms with van der Waals surface area (Å²) in [6, 6.07) is 0. The Morgan fingerprint density at radius 3 is 2.23 bits per heavy atom. The second-order valence-electron chi connectivity index (χ2n) is 5.80. The van der Waals surface area contributed by atoms with Gasteiger partial charge in [0.05, 0.1) is 25.5 Å². The molecule has 0 aromatic carbocycles. The average Bonchev–Trinajstić information content (AvgIpc) is 2.90. The van der Waals surface area contributed by atoms with E-state index in [2.05, 4.69) is 0 Å². The molecule has 2 heterocycles. The van der Waals surface area contributed by atoms with Crippen LogP contribution in [0.2, 0.25) is 0 Å². The second-order valence-corrected chi connectivity index (χ2v) is 7.99. The van der Waals surface area contributed by atoms with E-state index in [1.165, 1.54) is 0 Å². The largest absolute Gasteiger partial charge is 0.353 e. The molecule has 130 valence electrons. The number of hydrogen-bond acceptors (Lipinski definition) is 7. The molecule has 2 aliphatic rings. The zero-order valence-electron chi connectivity index (χ0n) is 13.9. The molecule has 0 N–H and O–H groups in total. The van der Waals surface area contributed by atoms with E-state index in [9.17, 15) is 4.57 Å². The Hall–Kier alpha value is -0.0100. The third kappa shape index (κ3) is 4.09. The maximum atomic E-state index is 12.5. The first kappa shape index (κ1) is 18.3. The zero-order chi connectivity index (χ0) is 16.4. The lowest BCUT2D eigenvalue weighted by Crippen LogP contribution is -2.30. The van der Waals surface area contributed by atoms with Gasteiger partial charge in [0.1, 0.15) is 12.2 Å². The van der Waals surface area contributed by atoms with E-state index in [1.807, 2.05) is 13.8 Å². The Balaban J connectivity index is 1.99. The highest BCUT2D eigenvalue weighted by molar-refractivity contribution is 7.53. The lowest BCUT2D eigenvalue weighted by Gasteiger charge is -2.24. The van der Waals surface area contributed by atoms with Gasteiger partial charge in [0.25, 0.3) is 0 Å². The van der Waals surface area contributed by atoms with E-state index in [-0.39, 0.29) is 24.5 Å². The Morgan fingerprint density at radius 1 is 1.09 bits per heavy atom. The van der Waals surface area contributed by atoms with Gasteiger partial charge >= 0.3 is 7.60 Å². The zero-order valence-corrected chi connectivity index (χ0v) is 14.8. The molecule has 2 rings (SSSR count). The molecule has 0 aromatic heterocycles. The standard InChI is InChI=1S/C14H27O7P/c1-6-17-22(15,18-7-2)9-8-10-11-12(13(16-5)19-10)21-14(3,4)20-11/h10-13H,6-9H2,1-5H3/t10-,11-,12-,13?/m1/s1. The molecule has 4 atom stereocenters. The summed E-state index contributed by atoms with van der Waals surface area (Å²) in [7, 11) is -1.51. The molecule has 2 aliphatic heterocycles. The Kier molecular flexibility index (Phi) is 6.05. The Morgan fingerprint density at radius 2 is 1.68 bits per heavy atom.